The van der Waals surface area contributed by atoms with Gasteiger partial charge in [0.15, 0.2) is 0 Å². The van der Waals surface area contributed by atoms with Crippen LogP contribution in [-0.2, 0) is 19.1 Å². The summed E-state index contributed by atoms with van der Waals surface area (Å²) < 4.78 is 15.8. The molecule has 1 aliphatic rings. The molecule has 0 aliphatic carbocycles. The van der Waals surface area contributed by atoms with Crippen molar-refractivity contribution in [3.05, 3.63) is 64.7 Å². The van der Waals surface area contributed by atoms with Gasteiger partial charge in [-0.25, -0.2) is 9.59 Å². The predicted molar refractivity (Wildman–Crippen MR) is 92.2 cm³/mol. The third-order valence-corrected chi connectivity index (χ3v) is 3.61. The van der Waals surface area contributed by atoms with E-state index in [0.717, 1.165) is 0 Å². The van der Waals surface area contributed by atoms with Gasteiger partial charge in [-0.2, -0.15) is 0 Å². The maximum absolute atomic E-state index is 11.9. The number of carbonyl (C=O) groups is 2. The fraction of sp³-hybridized carbons (Fsp3) is 0.158. The molecule has 0 N–H and O–H groups in total. The molecule has 25 heavy (non-hydrogen) atoms. The molecule has 128 valence electrons. The van der Waals surface area contributed by atoms with Gasteiger partial charge >= 0.3 is 11.9 Å². The highest BCUT2D eigenvalue weighted by Gasteiger charge is 2.38. The zero-order valence-corrected chi connectivity index (χ0v) is 14.4. The molecule has 2 aromatic rings. The second-order valence-electron chi connectivity index (χ2n) is 5.86. The fourth-order valence-corrected chi connectivity index (χ4v) is 2.34. The molecule has 0 bridgehead atoms. The lowest BCUT2D eigenvalue weighted by Gasteiger charge is -2.29. The van der Waals surface area contributed by atoms with Gasteiger partial charge in [0.2, 0.25) is 0 Å². The van der Waals surface area contributed by atoms with Crippen molar-refractivity contribution in [3.63, 3.8) is 0 Å². The van der Waals surface area contributed by atoms with Gasteiger partial charge in [0, 0.05) is 18.9 Å². The van der Waals surface area contributed by atoms with Gasteiger partial charge in [-0.1, -0.05) is 23.7 Å². The number of hydrogen-bond donors (Lipinski definition) is 0. The van der Waals surface area contributed by atoms with Crippen molar-refractivity contribution < 1.29 is 23.8 Å². The lowest BCUT2D eigenvalue weighted by molar-refractivity contribution is -0.222. The summed E-state index contributed by atoms with van der Waals surface area (Å²) >= 11 is 5.83. The molecular weight excluding hydrogens is 344 g/mol. The van der Waals surface area contributed by atoms with E-state index in [4.69, 9.17) is 25.8 Å². The van der Waals surface area contributed by atoms with E-state index in [1.807, 2.05) is 0 Å². The summed E-state index contributed by atoms with van der Waals surface area (Å²) in [6, 6.07) is 13.9. The maximum atomic E-state index is 11.9. The molecule has 0 aromatic heterocycles. The van der Waals surface area contributed by atoms with Crippen LogP contribution in [0.15, 0.2) is 54.1 Å². The molecule has 5 nitrogen and oxygen atoms in total. The fourth-order valence-electron chi connectivity index (χ4n) is 2.22. The molecule has 1 heterocycles. The largest absolute Gasteiger partial charge is 0.457 e. The van der Waals surface area contributed by atoms with Gasteiger partial charge < -0.3 is 14.2 Å². The van der Waals surface area contributed by atoms with Crippen LogP contribution in [0.4, 0.5) is 0 Å². The molecule has 2 aromatic carbocycles. The Labute approximate surface area is 149 Å². The number of rotatable bonds is 3. The Morgan fingerprint density at radius 2 is 1.36 bits per heavy atom. The van der Waals surface area contributed by atoms with Gasteiger partial charge in [-0.15, -0.1) is 0 Å². The van der Waals surface area contributed by atoms with E-state index in [1.165, 1.54) is 19.9 Å². The summed E-state index contributed by atoms with van der Waals surface area (Å²) in [6.07, 6.45) is 1.42. The normalized spacial score (nSPS) is 16.0. The average molecular weight is 359 g/mol. The molecule has 1 fully saturated rings. The molecule has 0 amide bonds. The minimum atomic E-state index is -1.25. The van der Waals surface area contributed by atoms with Crippen molar-refractivity contribution in [2.24, 2.45) is 0 Å². The van der Waals surface area contributed by atoms with E-state index in [0.29, 0.717) is 22.1 Å². The second kappa shape index (κ2) is 6.61. The first-order valence-corrected chi connectivity index (χ1v) is 7.92. The summed E-state index contributed by atoms with van der Waals surface area (Å²) in [5, 5.41) is 0.628. The van der Waals surface area contributed by atoms with E-state index in [2.05, 4.69) is 0 Å². The Bertz CT molecular complexity index is 813. The average Bonchev–Trinajstić information content (AvgIpc) is 2.54. The first kappa shape index (κ1) is 17.0. The molecule has 1 aliphatic heterocycles. The quantitative estimate of drug-likeness (QED) is 0.463. The number of esters is 2. The van der Waals surface area contributed by atoms with Crippen molar-refractivity contribution in [1.82, 2.24) is 0 Å². The summed E-state index contributed by atoms with van der Waals surface area (Å²) in [4.78, 5) is 23.9. The molecule has 1 saturated heterocycles. The summed E-state index contributed by atoms with van der Waals surface area (Å²) in [5.74, 6) is -1.40. The molecule has 6 heteroatoms. The van der Waals surface area contributed by atoms with Crippen LogP contribution in [-0.4, -0.2) is 17.7 Å². The van der Waals surface area contributed by atoms with Crippen molar-refractivity contribution in [2.75, 3.05) is 0 Å². The third kappa shape index (κ3) is 4.19. The van der Waals surface area contributed by atoms with Crippen LogP contribution < -0.4 is 4.74 Å². The van der Waals surface area contributed by atoms with E-state index in [-0.39, 0.29) is 5.57 Å². The van der Waals surface area contributed by atoms with Crippen LogP contribution in [0.25, 0.3) is 6.08 Å². The van der Waals surface area contributed by atoms with Crippen molar-refractivity contribution in [1.29, 1.82) is 0 Å². The van der Waals surface area contributed by atoms with E-state index < -0.39 is 17.7 Å². The zero-order valence-electron chi connectivity index (χ0n) is 13.6. The number of cyclic esters (lactones) is 2. The highest BCUT2D eigenvalue weighted by atomic mass is 35.5. The van der Waals surface area contributed by atoms with E-state index in [1.54, 1.807) is 48.5 Å². The van der Waals surface area contributed by atoms with Crippen LogP contribution >= 0.6 is 11.6 Å². The molecule has 0 radical (unpaired) electrons. The zero-order chi connectivity index (χ0) is 18.0. The Morgan fingerprint density at radius 1 is 0.880 bits per heavy atom. The second-order valence-corrected chi connectivity index (χ2v) is 6.30. The standard InChI is InChI=1S/C19H15ClO5/c1-19(2)24-17(21)16(18(22)25-19)11-12-3-7-14(8-4-12)23-15-9-5-13(20)6-10-15/h3-11H,1-2H3. The Balaban J connectivity index is 1.75. The van der Waals surface area contributed by atoms with Gasteiger partial charge in [0.25, 0.3) is 5.79 Å². The summed E-state index contributed by atoms with van der Waals surface area (Å²) in [5.41, 5.74) is 0.498. The van der Waals surface area contributed by atoms with Crippen LogP contribution in [0.2, 0.25) is 5.02 Å². The van der Waals surface area contributed by atoms with Crippen LogP contribution in [0, 0.1) is 0 Å². The molecular formula is C19H15ClO5. The number of halogens is 1. The maximum Gasteiger partial charge on any atom is 0.348 e. The number of ether oxygens (including phenoxy) is 3. The minimum Gasteiger partial charge on any atom is -0.457 e. The lowest BCUT2D eigenvalue weighted by atomic mass is 10.1. The van der Waals surface area contributed by atoms with Crippen LogP contribution in [0.3, 0.4) is 0 Å². The Morgan fingerprint density at radius 3 is 1.88 bits per heavy atom. The number of carbonyl (C=O) groups excluding carboxylic acids is 2. The van der Waals surface area contributed by atoms with Gasteiger partial charge in [-0.05, 0) is 48.0 Å². The van der Waals surface area contributed by atoms with Gasteiger partial charge in [-0.3, -0.25) is 0 Å². The Hall–Kier alpha value is -2.79. The molecule has 0 saturated carbocycles. The smallest absolute Gasteiger partial charge is 0.348 e. The van der Waals surface area contributed by atoms with Crippen LogP contribution in [0.5, 0.6) is 11.5 Å². The molecule has 0 atom stereocenters. The summed E-state index contributed by atoms with van der Waals surface area (Å²) in [7, 11) is 0. The first-order valence-electron chi connectivity index (χ1n) is 7.54. The topological polar surface area (TPSA) is 61.8 Å². The lowest BCUT2D eigenvalue weighted by Crippen LogP contribution is -2.41. The minimum absolute atomic E-state index is 0.148. The third-order valence-electron chi connectivity index (χ3n) is 3.36. The highest BCUT2D eigenvalue weighted by molar-refractivity contribution is 6.30. The predicted octanol–water partition coefficient (Wildman–Crippen LogP) is 4.35. The first-order chi connectivity index (χ1) is 11.8. The number of benzene rings is 2. The van der Waals surface area contributed by atoms with Crippen molar-refractivity contribution in [3.8, 4) is 11.5 Å². The van der Waals surface area contributed by atoms with Gasteiger partial charge in [0.05, 0.1) is 0 Å². The monoisotopic (exact) mass is 358 g/mol. The van der Waals surface area contributed by atoms with Crippen molar-refractivity contribution in [2.45, 2.75) is 19.6 Å². The molecule has 0 spiro atoms. The molecule has 3 rings (SSSR count). The SMILES string of the molecule is CC1(C)OC(=O)C(=Cc2ccc(Oc3ccc(Cl)cc3)cc2)C(=O)O1. The van der Waals surface area contributed by atoms with Crippen LogP contribution in [0.1, 0.15) is 19.4 Å². The van der Waals surface area contributed by atoms with E-state index >= 15 is 0 Å². The summed E-state index contributed by atoms with van der Waals surface area (Å²) in [6.45, 7) is 3.00. The van der Waals surface area contributed by atoms with Gasteiger partial charge in [0.1, 0.15) is 17.1 Å². The Kier molecular flexibility index (Phi) is 4.51. The van der Waals surface area contributed by atoms with E-state index in [9.17, 15) is 9.59 Å². The number of hydrogen-bond acceptors (Lipinski definition) is 5. The highest BCUT2D eigenvalue weighted by Crippen LogP contribution is 2.26. The van der Waals surface area contributed by atoms with Crippen molar-refractivity contribution >= 4 is 29.6 Å². The molecule has 0 unspecified atom stereocenters.